The highest BCUT2D eigenvalue weighted by atomic mass is 16.5. The zero-order chi connectivity index (χ0) is 22.7. The van der Waals surface area contributed by atoms with Crippen molar-refractivity contribution in [1.82, 2.24) is 14.7 Å². The van der Waals surface area contributed by atoms with Crippen molar-refractivity contribution >= 4 is 11.7 Å². The molecular weight excluding hydrogens is 404 g/mol. The maximum Gasteiger partial charge on any atom is 0.239 e. The van der Waals surface area contributed by atoms with Gasteiger partial charge in [0, 0.05) is 42.1 Å². The standard InChI is InChI=1S/C25H34N4O3/c1-16(2)29-21(8-9-26-29)27-22(30)12-28-13-25(14-28)11-19-23(31-15-25)18-7-6-17(3)10-20(18)32-24(19,4)5/h6-10,16,19,23H,11-15H2,1-5H3,(H,27,30)/t19-,23+/m0/s1. The molecule has 7 nitrogen and oxygen atoms in total. The number of benzene rings is 1. The Balaban J connectivity index is 1.22. The van der Waals surface area contributed by atoms with Gasteiger partial charge in [-0.05, 0) is 52.7 Å². The number of nitrogens with zero attached hydrogens (tertiary/aromatic N) is 3. The quantitative estimate of drug-likeness (QED) is 0.783. The van der Waals surface area contributed by atoms with Crippen LogP contribution in [0.1, 0.15) is 57.4 Å². The number of anilines is 1. The highest BCUT2D eigenvalue weighted by Crippen LogP contribution is 2.55. The lowest BCUT2D eigenvalue weighted by Crippen LogP contribution is -2.64. The fourth-order valence-corrected chi connectivity index (χ4v) is 5.70. The summed E-state index contributed by atoms with van der Waals surface area (Å²) in [5.41, 5.74) is 2.19. The lowest BCUT2D eigenvalue weighted by Gasteiger charge is -2.58. The Morgan fingerprint density at radius 1 is 1.28 bits per heavy atom. The number of fused-ring (bicyclic) bond motifs is 3. The zero-order valence-corrected chi connectivity index (χ0v) is 19.7. The first-order valence-electron chi connectivity index (χ1n) is 11.6. The molecule has 1 aromatic carbocycles. The van der Waals surface area contributed by atoms with E-state index < -0.39 is 0 Å². The number of carbonyl (C=O) groups is 1. The monoisotopic (exact) mass is 438 g/mol. The third-order valence-electron chi connectivity index (χ3n) is 7.24. The minimum atomic E-state index is -0.286. The van der Waals surface area contributed by atoms with E-state index in [9.17, 15) is 4.79 Å². The Hall–Kier alpha value is -2.38. The Kier molecular flexibility index (Phi) is 5.09. The van der Waals surface area contributed by atoms with Crippen molar-refractivity contribution in [3.63, 3.8) is 0 Å². The van der Waals surface area contributed by atoms with Crippen LogP contribution in [0.5, 0.6) is 5.75 Å². The van der Waals surface area contributed by atoms with Crippen LogP contribution < -0.4 is 10.1 Å². The number of carbonyl (C=O) groups excluding carboxylic acids is 1. The number of aryl methyl sites for hydroxylation is 1. The van der Waals surface area contributed by atoms with Crippen LogP contribution in [0, 0.1) is 18.3 Å². The number of likely N-dealkylation sites (tertiary alicyclic amines) is 1. The van der Waals surface area contributed by atoms with Crippen molar-refractivity contribution in [3.05, 3.63) is 41.6 Å². The fourth-order valence-electron chi connectivity index (χ4n) is 5.70. The van der Waals surface area contributed by atoms with E-state index >= 15 is 0 Å². The third kappa shape index (κ3) is 3.71. The molecule has 0 saturated carbocycles. The first kappa shape index (κ1) is 21.5. The van der Waals surface area contributed by atoms with Crippen molar-refractivity contribution < 1.29 is 14.3 Å². The molecule has 32 heavy (non-hydrogen) atoms. The summed E-state index contributed by atoms with van der Waals surface area (Å²) in [6.07, 6.45) is 2.85. The average molecular weight is 439 g/mol. The molecule has 1 N–H and O–H groups in total. The van der Waals surface area contributed by atoms with Crippen LogP contribution >= 0.6 is 0 Å². The van der Waals surface area contributed by atoms with Gasteiger partial charge < -0.3 is 14.8 Å². The molecule has 1 amide bonds. The molecule has 0 aliphatic carbocycles. The minimum Gasteiger partial charge on any atom is -0.487 e. The number of hydrogen-bond acceptors (Lipinski definition) is 5. The topological polar surface area (TPSA) is 68.6 Å². The van der Waals surface area contributed by atoms with Crippen LogP contribution in [0.3, 0.4) is 0 Å². The molecule has 4 heterocycles. The molecule has 5 rings (SSSR count). The van der Waals surface area contributed by atoms with Gasteiger partial charge in [0.15, 0.2) is 0 Å². The molecule has 2 fully saturated rings. The van der Waals surface area contributed by atoms with Crippen LogP contribution in [0.2, 0.25) is 0 Å². The Morgan fingerprint density at radius 3 is 2.81 bits per heavy atom. The van der Waals surface area contributed by atoms with Gasteiger partial charge >= 0.3 is 0 Å². The van der Waals surface area contributed by atoms with Gasteiger partial charge in [0.1, 0.15) is 17.2 Å². The maximum atomic E-state index is 12.6. The molecule has 3 aliphatic heterocycles. The largest absolute Gasteiger partial charge is 0.487 e. The zero-order valence-electron chi connectivity index (χ0n) is 19.7. The van der Waals surface area contributed by atoms with Crippen LogP contribution in [0.15, 0.2) is 30.5 Å². The third-order valence-corrected chi connectivity index (χ3v) is 7.24. The second-order valence-electron chi connectivity index (χ2n) is 10.7. The molecule has 1 spiro atoms. The number of rotatable bonds is 4. The number of ether oxygens (including phenoxy) is 2. The normalized spacial score (nSPS) is 25.6. The highest BCUT2D eigenvalue weighted by Gasteiger charge is 2.55. The Bertz CT molecular complexity index is 1020. The molecular formula is C25H34N4O3. The maximum absolute atomic E-state index is 12.6. The molecule has 0 radical (unpaired) electrons. The van der Waals surface area contributed by atoms with Crippen LogP contribution in [0.25, 0.3) is 0 Å². The van der Waals surface area contributed by atoms with E-state index in [0.29, 0.717) is 12.5 Å². The molecule has 2 atom stereocenters. The van der Waals surface area contributed by atoms with Crippen molar-refractivity contribution in [3.8, 4) is 5.75 Å². The number of hydrogen-bond donors (Lipinski definition) is 1. The van der Waals surface area contributed by atoms with Gasteiger partial charge in [-0.1, -0.05) is 12.1 Å². The van der Waals surface area contributed by atoms with Gasteiger partial charge in [-0.15, -0.1) is 0 Å². The van der Waals surface area contributed by atoms with E-state index in [4.69, 9.17) is 9.47 Å². The summed E-state index contributed by atoms with van der Waals surface area (Å²) in [5.74, 6) is 2.00. The summed E-state index contributed by atoms with van der Waals surface area (Å²) in [5, 5.41) is 7.29. The molecule has 3 aliphatic rings. The summed E-state index contributed by atoms with van der Waals surface area (Å²) in [6, 6.07) is 8.47. The highest BCUT2D eigenvalue weighted by molar-refractivity contribution is 5.91. The van der Waals surface area contributed by atoms with Crippen molar-refractivity contribution in [2.24, 2.45) is 11.3 Å². The van der Waals surface area contributed by atoms with E-state index in [1.54, 1.807) is 6.20 Å². The lowest BCUT2D eigenvalue weighted by atomic mass is 9.64. The van der Waals surface area contributed by atoms with E-state index in [1.807, 2.05) is 24.6 Å². The summed E-state index contributed by atoms with van der Waals surface area (Å²) in [4.78, 5) is 14.8. The van der Waals surface area contributed by atoms with E-state index in [1.165, 1.54) is 11.1 Å². The minimum absolute atomic E-state index is 0.00230. The van der Waals surface area contributed by atoms with Gasteiger partial charge in [-0.3, -0.25) is 9.69 Å². The first-order chi connectivity index (χ1) is 15.2. The predicted molar refractivity (Wildman–Crippen MR) is 123 cm³/mol. The van der Waals surface area contributed by atoms with Gasteiger partial charge in [0.05, 0.1) is 25.5 Å². The first-order valence-corrected chi connectivity index (χ1v) is 11.6. The summed E-state index contributed by atoms with van der Waals surface area (Å²) in [6.45, 7) is 13.4. The number of nitrogens with one attached hydrogen (secondary N) is 1. The molecule has 7 heteroatoms. The molecule has 0 bridgehead atoms. The van der Waals surface area contributed by atoms with Gasteiger partial charge in [-0.2, -0.15) is 5.10 Å². The molecule has 1 aromatic heterocycles. The van der Waals surface area contributed by atoms with E-state index in [-0.39, 0.29) is 29.1 Å². The van der Waals surface area contributed by atoms with E-state index in [0.717, 1.165) is 37.7 Å². The Labute approximate surface area is 190 Å². The number of aromatic nitrogens is 2. The van der Waals surface area contributed by atoms with Crippen molar-refractivity contribution in [2.45, 2.75) is 58.8 Å². The number of amides is 1. The lowest BCUT2D eigenvalue weighted by molar-refractivity contribution is -0.198. The average Bonchev–Trinajstić information content (AvgIpc) is 3.14. The second-order valence-corrected chi connectivity index (χ2v) is 10.7. The molecule has 172 valence electrons. The fraction of sp³-hybridized carbons (Fsp3) is 0.600. The smallest absolute Gasteiger partial charge is 0.239 e. The van der Waals surface area contributed by atoms with Crippen LogP contribution in [-0.4, -0.2) is 52.4 Å². The summed E-state index contributed by atoms with van der Waals surface area (Å²) < 4.78 is 14.8. The van der Waals surface area contributed by atoms with E-state index in [2.05, 4.69) is 54.3 Å². The second kappa shape index (κ2) is 7.59. The predicted octanol–water partition coefficient (Wildman–Crippen LogP) is 3.96. The van der Waals surface area contributed by atoms with Crippen LogP contribution in [0.4, 0.5) is 5.82 Å². The van der Waals surface area contributed by atoms with Gasteiger partial charge in [-0.25, -0.2) is 4.68 Å². The van der Waals surface area contributed by atoms with Crippen LogP contribution in [-0.2, 0) is 9.53 Å². The molecule has 0 unspecified atom stereocenters. The molecule has 2 aromatic rings. The van der Waals surface area contributed by atoms with Crippen molar-refractivity contribution in [1.29, 1.82) is 0 Å². The van der Waals surface area contributed by atoms with Crippen molar-refractivity contribution in [2.75, 3.05) is 31.6 Å². The van der Waals surface area contributed by atoms with Gasteiger partial charge in [0.25, 0.3) is 0 Å². The SMILES string of the molecule is Cc1ccc2c(c1)OC(C)(C)[C@H]1CC3(CO[C@H]21)CN(CC(=O)Nc1ccnn1C(C)C)C3. The Morgan fingerprint density at radius 2 is 2.06 bits per heavy atom. The van der Waals surface area contributed by atoms with Gasteiger partial charge in [0.2, 0.25) is 5.91 Å². The summed E-state index contributed by atoms with van der Waals surface area (Å²) in [7, 11) is 0. The molecule has 2 saturated heterocycles. The summed E-state index contributed by atoms with van der Waals surface area (Å²) >= 11 is 0.